The minimum absolute atomic E-state index is 0. The fourth-order valence-electron chi connectivity index (χ4n) is 2.05. The Morgan fingerprint density at radius 2 is 1.26 bits per heavy atom. The van der Waals surface area contributed by atoms with Crippen LogP contribution < -0.4 is 34.2 Å². The van der Waals surface area contributed by atoms with Gasteiger partial charge >= 0.3 is 10.2 Å². The van der Waals surface area contributed by atoms with E-state index in [0.29, 0.717) is 28.1 Å². The third-order valence-corrected chi connectivity index (χ3v) is 13.0. The molecule has 0 spiro atoms. The Kier molecular flexibility index (Phi) is 48.3. The Balaban J connectivity index is -0.000000191. The summed E-state index contributed by atoms with van der Waals surface area (Å²) in [6.07, 6.45) is 8.24. The van der Waals surface area contributed by atoms with Gasteiger partial charge in [0.15, 0.2) is 5.17 Å². The zero-order valence-corrected chi connectivity index (χ0v) is 42.5. The van der Waals surface area contributed by atoms with E-state index in [9.17, 15) is 8.42 Å². The maximum Gasteiger partial charge on any atom is 0.318 e. The Morgan fingerprint density at radius 3 is 1.55 bits per heavy atom. The van der Waals surface area contributed by atoms with Crippen molar-refractivity contribution < 1.29 is 8.42 Å². The first-order valence-corrected chi connectivity index (χ1v) is 26.4. The van der Waals surface area contributed by atoms with E-state index in [4.69, 9.17) is 39.4 Å². The molecule has 0 aliphatic carbocycles. The van der Waals surface area contributed by atoms with Crippen molar-refractivity contribution >= 4 is 224 Å². The van der Waals surface area contributed by atoms with E-state index in [-0.39, 0.29) is 33.9 Å². The topological polar surface area (TPSA) is 276 Å². The first-order valence-electron chi connectivity index (χ1n) is 12.6. The number of rotatable bonds is 12. The highest BCUT2D eigenvalue weighted by molar-refractivity contribution is 8.22. The molecule has 15 N–H and O–H groups in total. The summed E-state index contributed by atoms with van der Waals surface area (Å²) in [6, 6.07) is 0. The molecule has 0 saturated carbocycles. The van der Waals surface area contributed by atoms with E-state index in [0.717, 1.165) is 35.9 Å². The average Bonchev–Trinajstić information content (AvgIpc) is 3.83. The Morgan fingerprint density at radius 1 is 0.906 bits per heavy atom. The second kappa shape index (κ2) is 40.8. The lowest BCUT2D eigenvalue weighted by Crippen LogP contribution is -2.19. The maximum absolute atomic E-state index is 10.6. The number of thioether (sulfide) groups is 6. The maximum atomic E-state index is 10.6. The molecule has 0 radical (unpaired) electrons. The van der Waals surface area contributed by atoms with E-state index in [1.165, 1.54) is 23.5 Å². The molecule has 304 valence electrons. The second-order valence-electron chi connectivity index (χ2n) is 7.54. The minimum Gasteiger partial charge on any atom is -0.415 e. The molecular weight excluding hydrogens is 1010 g/mol. The fraction of sp³-hybridized carbons (Fsp3) is 0.391. The number of hydrogen-bond donors (Lipinski definition) is 7. The third-order valence-electron chi connectivity index (χ3n) is 3.83. The van der Waals surface area contributed by atoms with Crippen LogP contribution >= 0.6 is 177 Å². The molecule has 0 atom stereocenters. The summed E-state index contributed by atoms with van der Waals surface area (Å²) in [5.41, 5.74) is 23.3. The first-order chi connectivity index (χ1) is 23.9. The molecule has 53 heavy (non-hydrogen) atoms. The zero-order chi connectivity index (χ0) is 39.8. The molecule has 0 aliphatic rings. The van der Waals surface area contributed by atoms with Gasteiger partial charge in [0.25, 0.3) is 0 Å². The van der Waals surface area contributed by atoms with Crippen molar-refractivity contribution in [1.29, 1.82) is 5.41 Å². The zero-order valence-electron chi connectivity index (χ0n) is 28.7. The van der Waals surface area contributed by atoms with Gasteiger partial charge in [-0.05, 0) is 49.5 Å². The molecule has 0 amide bonds. The predicted octanol–water partition coefficient (Wildman–Crippen LogP) is 7.83. The number of thiocarbonyl (C=S) groups is 4. The standard InChI is InChI=1S/C8H14N4O2S4.C6H9N3S3.C5H6ClNS2.C2H5NS2.CH3NS2.CS2.ClH.H3N/c1-15-8-11-6(5-17-8)4-16-3-2-7(9)12-18(10,13)14;1-10-6-9-4(3-12-6)2-11-5(7)8;1-8-5-7-4(2-6)3-9-5;1-5-2(3)4;2-1(3)4;2-1-3;;/h5H,2-4H2,1H3,(H2,9,12)(H2,10,13,14);3H,2H2,1H3,(H3,7,8);3H,2H2,1H3;1H3,(H2,3,4);(H3,2,3,4);;1H;1H3. The van der Waals surface area contributed by atoms with Crippen molar-refractivity contribution in [3.63, 3.8) is 0 Å². The van der Waals surface area contributed by atoms with Crippen molar-refractivity contribution in [1.82, 2.24) is 21.1 Å². The molecule has 0 unspecified atom stereocenters. The van der Waals surface area contributed by atoms with Crippen molar-refractivity contribution in [3.8, 4) is 0 Å². The summed E-state index contributed by atoms with van der Waals surface area (Å²) in [7, 11) is -3.87. The van der Waals surface area contributed by atoms with Crippen molar-refractivity contribution in [2.45, 2.75) is 36.8 Å². The molecule has 3 aromatic heterocycles. The molecule has 3 aromatic rings. The molecule has 30 heteroatoms. The van der Waals surface area contributed by atoms with Gasteiger partial charge in [0.05, 0.1) is 23.0 Å². The highest BCUT2D eigenvalue weighted by atomic mass is 35.5. The summed E-state index contributed by atoms with van der Waals surface area (Å²) < 4.78 is 30.1. The molecule has 0 bridgehead atoms. The Bertz CT molecular complexity index is 1560. The van der Waals surface area contributed by atoms with Crippen molar-refractivity contribution in [2.75, 3.05) is 30.8 Å². The van der Waals surface area contributed by atoms with Gasteiger partial charge in [0.2, 0.25) is 0 Å². The number of amidine groups is 2. The number of thiazole rings is 3. The second-order valence-corrected chi connectivity index (χ2v) is 20.2. The normalized spacial score (nSPS) is 9.66. The summed E-state index contributed by atoms with van der Waals surface area (Å²) >= 11 is 40.3. The van der Waals surface area contributed by atoms with Gasteiger partial charge < -0.3 is 53.9 Å². The number of aromatic nitrogens is 3. The number of halogens is 2. The fourth-order valence-corrected chi connectivity index (χ4v) is 8.06. The minimum atomic E-state index is -3.87. The largest absolute Gasteiger partial charge is 0.415 e. The van der Waals surface area contributed by atoms with Crippen LogP contribution in [0.5, 0.6) is 0 Å². The van der Waals surface area contributed by atoms with Crippen LogP contribution in [0.25, 0.3) is 0 Å². The molecule has 13 nitrogen and oxygen atoms in total. The molecule has 0 aromatic carbocycles. The summed E-state index contributed by atoms with van der Waals surface area (Å²) in [6.45, 7) is 0. The quantitative estimate of drug-likeness (QED) is 0.0173. The van der Waals surface area contributed by atoms with Gasteiger partial charge in [-0.25, -0.2) is 20.1 Å². The Hall–Kier alpha value is 0.600. The van der Waals surface area contributed by atoms with E-state index in [2.05, 4.69) is 86.6 Å². The third kappa shape index (κ3) is 45.2. The highest BCUT2D eigenvalue weighted by Crippen LogP contribution is 2.23. The van der Waals surface area contributed by atoms with E-state index >= 15 is 0 Å². The van der Waals surface area contributed by atoms with Crippen molar-refractivity contribution in [3.05, 3.63) is 33.2 Å². The van der Waals surface area contributed by atoms with Crippen LogP contribution in [0.15, 0.2) is 33.6 Å². The van der Waals surface area contributed by atoms with Gasteiger partial charge in [0.1, 0.15) is 23.2 Å². The van der Waals surface area contributed by atoms with Gasteiger partial charge in [0, 0.05) is 44.1 Å². The number of nitrogens with zero attached hydrogens (tertiary/aromatic N) is 4. The van der Waals surface area contributed by atoms with Gasteiger partial charge in [-0.15, -0.1) is 74.2 Å². The summed E-state index contributed by atoms with van der Waals surface area (Å²) in [4.78, 5) is 12.9. The molecule has 0 fully saturated rings. The number of nitrogens with one attached hydrogen (secondary N) is 1. The lowest BCUT2D eigenvalue weighted by atomic mass is 10.5. The number of hydrogen-bond acceptors (Lipinski definition) is 20. The van der Waals surface area contributed by atoms with Gasteiger partial charge in [-0.1, -0.05) is 63.6 Å². The van der Waals surface area contributed by atoms with E-state index in [1.807, 2.05) is 45.5 Å². The van der Waals surface area contributed by atoms with E-state index in [1.54, 1.807) is 81.1 Å². The lowest BCUT2D eigenvalue weighted by Gasteiger charge is -1.99. The lowest BCUT2D eigenvalue weighted by molar-refractivity contribution is 0.599. The van der Waals surface area contributed by atoms with Crippen LogP contribution in [0.4, 0.5) is 0 Å². The van der Waals surface area contributed by atoms with Crippen LogP contribution in [-0.2, 0) is 40.2 Å². The number of nitrogens with two attached hydrogens (primary N) is 5. The van der Waals surface area contributed by atoms with E-state index < -0.39 is 10.2 Å². The SMILES string of the molecule is CSC(N)=S.CSc1nc(CCl)cs1.CSc1nc(CSC(=N)N)cs1.CSc1nc(CSCCC(N)=NS(N)(=O)=O)cs1.Cl.NC(=S)[S-].S=C=S.[NH4+]. The van der Waals surface area contributed by atoms with Crippen LogP contribution in [0, 0.1) is 5.41 Å². The summed E-state index contributed by atoms with van der Waals surface area (Å²) in [5.74, 6) is 2.72. The molecule has 0 saturated heterocycles. The number of quaternary nitrogens is 1. The monoisotopic (exact) mass is 1050 g/mol. The molecule has 0 aliphatic heterocycles. The van der Waals surface area contributed by atoms with Crippen LogP contribution in [0.2, 0.25) is 0 Å². The Labute approximate surface area is 387 Å². The first kappa shape index (κ1) is 62.8. The molecule has 3 rings (SSSR count). The average molecular weight is 1060 g/mol. The van der Waals surface area contributed by atoms with Crippen LogP contribution in [0.3, 0.4) is 0 Å². The highest BCUT2D eigenvalue weighted by Gasteiger charge is 2.04. The smallest absolute Gasteiger partial charge is 0.318 e. The summed E-state index contributed by atoms with van der Waals surface area (Å²) in [5, 5.41) is 17.9. The van der Waals surface area contributed by atoms with Crippen LogP contribution in [0.1, 0.15) is 23.5 Å². The van der Waals surface area contributed by atoms with Gasteiger partial charge in [-0.2, -0.15) is 20.2 Å². The van der Waals surface area contributed by atoms with Gasteiger partial charge in [-0.3, -0.25) is 5.41 Å². The number of alkyl halides is 1. The van der Waals surface area contributed by atoms with Crippen molar-refractivity contribution in [2.24, 2.45) is 32.5 Å². The van der Waals surface area contributed by atoms with Crippen LogP contribution in [-0.4, -0.2) is 78.1 Å². The molecule has 3 heterocycles. The predicted molar refractivity (Wildman–Crippen MR) is 268 cm³/mol. The molecular formula is C23H41Cl2N11O2S15.